The van der Waals surface area contributed by atoms with Crippen molar-refractivity contribution < 1.29 is 4.79 Å². The molecule has 76 valence electrons. The maximum Gasteiger partial charge on any atom is 0.169 e. The van der Waals surface area contributed by atoms with Gasteiger partial charge in [-0.25, -0.2) is 0 Å². The normalized spacial score (nSPS) is 18.4. The van der Waals surface area contributed by atoms with Crippen molar-refractivity contribution >= 4 is 17.1 Å². The van der Waals surface area contributed by atoms with E-state index in [1.165, 1.54) is 17.7 Å². The minimum atomic E-state index is 0.190. The van der Waals surface area contributed by atoms with Crippen LogP contribution < -0.4 is 5.32 Å². The van der Waals surface area contributed by atoms with Crippen molar-refractivity contribution in [2.45, 2.75) is 25.7 Å². The van der Waals surface area contributed by atoms with E-state index in [0.29, 0.717) is 5.92 Å². The number of thiophene rings is 1. The first kappa shape index (κ1) is 9.87. The molecular weight excluding hydrogens is 194 g/mol. The molecule has 0 atom stereocenters. The Kier molecular flexibility index (Phi) is 2.99. The molecule has 0 bridgehead atoms. The van der Waals surface area contributed by atoms with Crippen LogP contribution in [0.3, 0.4) is 0 Å². The third-order valence-corrected chi connectivity index (χ3v) is 4.06. The molecule has 1 fully saturated rings. The van der Waals surface area contributed by atoms with Crippen LogP contribution in [0.5, 0.6) is 0 Å². The molecule has 1 saturated heterocycles. The van der Waals surface area contributed by atoms with Crippen LogP contribution in [0.2, 0.25) is 0 Å². The first-order valence-electron chi connectivity index (χ1n) is 5.09. The highest BCUT2D eigenvalue weighted by Gasteiger charge is 2.17. The summed E-state index contributed by atoms with van der Waals surface area (Å²) in [7, 11) is 0. The van der Waals surface area contributed by atoms with E-state index in [9.17, 15) is 4.79 Å². The molecule has 1 aromatic rings. The van der Waals surface area contributed by atoms with E-state index in [-0.39, 0.29) is 5.78 Å². The van der Waals surface area contributed by atoms with Crippen LogP contribution in [-0.2, 0) is 0 Å². The molecule has 0 saturated carbocycles. The van der Waals surface area contributed by atoms with Gasteiger partial charge in [0.2, 0.25) is 0 Å². The van der Waals surface area contributed by atoms with Gasteiger partial charge in [0.1, 0.15) is 0 Å². The molecule has 0 unspecified atom stereocenters. The lowest BCUT2D eigenvalue weighted by Crippen LogP contribution is -2.26. The molecule has 2 heterocycles. The Morgan fingerprint density at radius 2 is 2.14 bits per heavy atom. The highest BCUT2D eigenvalue weighted by atomic mass is 32.1. The molecule has 0 radical (unpaired) electrons. The molecule has 2 rings (SSSR count). The van der Waals surface area contributed by atoms with Crippen molar-refractivity contribution in [3.8, 4) is 0 Å². The highest BCUT2D eigenvalue weighted by Crippen LogP contribution is 2.31. The van der Waals surface area contributed by atoms with Gasteiger partial charge in [0.05, 0.1) is 4.88 Å². The van der Waals surface area contributed by atoms with Gasteiger partial charge in [0, 0.05) is 4.88 Å². The second kappa shape index (κ2) is 4.24. The van der Waals surface area contributed by atoms with Gasteiger partial charge in [0.15, 0.2) is 5.78 Å². The van der Waals surface area contributed by atoms with E-state index in [0.717, 1.165) is 18.0 Å². The maximum absolute atomic E-state index is 11.1. The Morgan fingerprint density at radius 3 is 2.71 bits per heavy atom. The number of nitrogens with one attached hydrogen (secondary N) is 1. The monoisotopic (exact) mass is 209 g/mol. The van der Waals surface area contributed by atoms with Crippen LogP contribution in [-0.4, -0.2) is 18.9 Å². The van der Waals surface area contributed by atoms with E-state index in [1.54, 1.807) is 18.3 Å². The van der Waals surface area contributed by atoms with Gasteiger partial charge in [-0.1, -0.05) is 0 Å². The average Bonchev–Trinajstić information content (AvgIpc) is 2.68. The Balaban J connectivity index is 2.11. The molecule has 0 aliphatic carbocycles. The van der Waals surface area contributed by atoms with Gasteiger partial charge in [-0.05, 0) is 50.9 Å². The molecule has 0 aromatic carbocycles. The summed E-state index contributed by atoms with van der Waals surface area (Å²) in [5, 5.41) is 3.35. The van der Waals surface area contributed by atoms with Gasteiger partial charge < -0.3 is 5.32 Å². The third-order valence-electron chi connectivity index (χ3n) is 2.72. The molecule has 2 nitrogen and oxygen atoms in total. The van der Waals surface area contributed by atoms with Gasteiger partial charge >= 0.3 is 0 Å². The fourth-order valence-electron chi connectivity index (χ4n) is 1.87. The third kappa shape index (κ3) is 2.04. The molecule has 3 heteroatoms. The summed E-state index contributed by atoms with van der Waals surface area (Å²) in [6, 6.07) is 4.09. The Morgan fingerprint density at radius 1 is 1.43 bits per heavy atom. The van der Waals surface area contributed by atoms with Crippen molar-refractivity contribution in [2.75, 3.05) is 13.1 Å². The van der Waals surface area contributed by atoms with Crippen molar-refractivity contribution in [2.24, 2.45) is 0 Å². The lowest BCUT2D eigenvalue weighted by molar-refractivity contribution is 0.102. The molecule has 1 aliphatic rings. The van der Waals surface area contributed by atoms with Crippen molar-refractivity contribution in [3.63, 3.8) is 0 Å². The Hall–Kier alpha value is -0.670. The van der Waals surface area contributed by atoms with Crippen molar-refractivity contribution in [1.29, 1.82) is 0 Å². The standard InChI is InChI=1S/C11H15NOS/c1-8(13)10-2-3-11(14-10)9-4-6-12-7-5-9/h2-3,9,12H,4-7H2,1H3. The predicted molar refractivity (Wildman–Crippen MR) is 59.2 cm³/mol. The topological polar surface area (TPSA) is 29.1 Å². The Labute approximate surface area is 88.3 Å². The van der Waals surface area contributed by atoms with E-state index < -0.39 is 0 Å². The fraction of sp³-hybridized carbons (Fsp3) is 0.545. The molecule has 0 spiro atoms. The number of rotatable bonds is 2. The lowest BCUT2D eigenvalue weighted by atomic mass is 9.97. The fourth-order valence-corrected chi connectivity index (χ4v) is 2.94. The quantitative estimate of drug-likeness (QED) is 0.758. The number of hydrogen-bond acceptors (Lipinski definition) is 3. The Bertz CT molecular complexity index is 326. The smallest absolute Gasteiger partial charge is 0.169 e. The summed E-state index contributed by atoms with van der Waals surface area (Å²) in [5.74, 6) is 0.865. The lowest BCUT2D eigenvalue weighted by Gasteiger charge is -2.21. The molecule has 1 aromatic heterocycles. The van der Waals surface area contributed by atoms with Gasteiger partial charge in [0.25, 0.3) is 0 Å². The van der Waals surface area contributed by atoms with Crippen LogP contribution in [0.25, 0.3) is 0 Å². The van der Waals surface area contributed by atoms with E-state index in [4.69, 9.17) is 0 Å². The van der Waals surface area contributed by atoms with Crippen molar-refractivity contribution in [1.82, 2.24) is 5.32 Å². The molecule has 1 aliphatic heterocycles. The molecule has 1 N–H and O–H groups in total. The number of ketones is 1. The summed E-state index contributed by atoms with van der Waals surface area (Å²) < 4.78 is 0. The highest BCUT2D eigenvalue weighted by molar-refractivity contribution is 7.14. The predicted octanol–water partition coefficient (Wildman–Crippen LogP) is 2.42. The summed E-state index contributed by atoms with van der Waals surface area (Å²) in [6.45, 7) is 3.86. The first-order valence-corrected chi connectivity index (χ1v) is 5.90. The number of carbonyl (C=O) groups excluding carboxylic acids is 1. The zero-order chi connectivity index (χ0) is 9.97. The minimum Gasteiger partial charge on any atom is -0.317 e. The van der Waals surface area contributed by atoms with Gasteiger partial charge in [-0.3, -0.25) is 4.79 Å². The second-order valence-corrected chi connectivity index (χ2v) is 4.90. The molecule has 14 heavy (non-hydrogen) atoms. The van der Waals surface area contributed by atoms with Crippen LogP contribution >= 0.6 is 11.3 Å². The minimum absolute atomic E-state index is 0.190. The summed E-state index contributed by atoms with van der Waals surface area (Å²) >= 11 is 1.67. The number of Topliss-reactive ketones (excluding diaryl/α,β-unsaturated/α-hetero) is 1. The van der Waals surface area contributed by atoms with Crippen molar-refractivity contribution in [3.05, 3.63) is 21.9 Å². The second-order valence-electron chi connectivity index (χ2n) is 3.78. The number of carbonyl (C=O) groups is 1. The van der Waals surface area contributed by atoms with Gasteiger partial charge in [-0.2, -0.15) is 0 Å². The van der Waals surface area contributed by atoms with Crippen LogP contribution in [0.15, 0.2) is 12.1 Å². The first-order chi connectivity index (χ1) is 6.77. The molecular formula is C11H15NOS. The zero-order valence-corrected chi connectivity index (χ0v) is 9.19. The maximum atomic E-state index is 11.1. The zero-order valence-electron chi connectivity index (χ0n) is 8.38. The summed E-state index contributed by atoms with van der Waals surface area (Å²) in [6.07, 6.45) is 2.41. The van der Waals surface area contributed by atoms with E-state index in [1.807, 2.05) is 6.07 Å². The van der Waals surface area contributed by atoms with E-state index in [2.05, 4.69) is 11.4 Å². The van der Waals surface area contributed by atoms with Gasteiger partial charge in [-0.15, -0.1) is 11.3 Å². The number of piperidine rings is 1. The SMILES string of the molecule is CC(=O)c1ccc(C2CCNCC2)s1. The van der Waals surface area contributed by atoms with Crippen LogP contribution in [0.1, 0.15) is 40.2 Å². The number of hydrogen-bond donors (Lipinski definition) is 1. The average molecular weight is 209 g/mol. The largest absolute Gasteiger partial charge is 0.317 e. The van der Waals surface area contributed by atoms with E-state index >= 15 is 0 Å². The summed E-state index contributed by atoms with van der Waals surface area (Å²) in [5.41, 5.74) is 0. The van der Waals surface area contributed by atoms with Crippen LogP contribution in [0.4, 0.5) is 0 Å². The van der Waals surface area contributed by atoms with Crippen LogP contribution in [0, 0.1) is 0 Å². The summed E-state index contributed by atoms with van der Waals surface area (Å²) in [4.78, 5) is 13.4. The molecule has 0 amide bonds.